The number of unbranched alkanes of at least 4 members (excludes halogenated alkanes) is 3. The molecule has 172 valence electrons. The number of nitrogens with zero attached hydrogens (tertiary/aromatic N) is 2. The first-order valence-electron chi connectivity index (χ1n) is 10.9. The third kappa shape index (κ3) is 4.48. The SMILES string of the molecule is CCCCCN(C(=O)c1sc2cccc(F)c2c1C)c1c(N)n(CCCC)c(=O)[nH]c1=O. The lowest BCUT2D eigenvalue weighted by atomic mass is 10.1. The Hall–Kier alpha value is -2.94. The molecule has 0 bridgehead atoms. The summed E-state index contributed by atoms with van der Waals surface area (Å²) in [7, 11) is 0. The monoisotopic (exact) mass is 460 g/mol. The molecule has 0 radical (unpaired) electrons. The number of carbonyl (C=O) groups excluding carboxylic acids is 1. The lowest BCUT2D eigenvalue weighted by molar-refractivity contribution is 0.0989. The molecule has 0 saturated carbocycles. The van der Waals surface area contributed by atoms with Gasteiger partial charge in [0, 0.05) is 23.2 Å². The normalized spacial score (nSPS) is 11.2. The predicted molar refractivity (Wildman–Crippen MR) is 128 cm³/mol. The van der Waals surface area contributed by atoms with Gasteiger partial charge in [-0.3, -0.25) is 24.0 Å². The van der Waals surface area contributed by atoms with Gasteiger partial charge in [-0.1, -0.05) is 39.2 Å². The Morgan fingerprint density at radius 2 is 1.91 bits per heavy atom. The number of amides is 1. The average Bonchev–Trinajstić information content (AvgIpc) is 3.09. The van der Waals surface area contributed by atoms with E-state index in [2.05, 4.69) is 4.98 Å². The highest BCUT2D eigenvalue weighted by molar-refractivity contribution is 7.21. The van der Waals surface area contributed by atoms with E-state index in [1.54, 1.807) is 19.1 Å². The molecule has 9 heteroatoms. The number of H-pyrrole nitrogens is 1. The smallest absolute Gasteiger partial charge is 0.330 e. The number of hydrogen-bond acceptors (Lipinski definition) is 5. The summed E-state index contributed by atoms with van der Waals surface area (Å²) >= 11 is 1.19. The highest BCUT2D eigenvalue weighted by atomic mass is 32.1. The molecule has 0 saturated heterocycles. The maximum Gasteiger partial charge on any atom is 0.330 e. The summed E-state index contributed by atoms with van der Waals surface area (Å²) in [6, 6.07) is 4.73. The molecule has 0 unspecified atom stereocenters. The highest BCUT2D eigenvalue weighted by Gasteiger charge is 2.28. The summed E-state index contributed by atoms with van der Waals surface area (Å²) in [5, 5.41) is 0.407. The zero-order valence-electron chi connectivity index (χ0n) is 18.7. The van der Waals surface area contributed by atoms with E-state index in [4.69, 9.17) is 5.73 Å². The molecule has 0 atom stereocenters. The number of aryl methyl sites for hydroxylation is 1. The number of nitrogens with two attached hydrogens (primary N) is 1. The summed E-state index contributed by atoms with van der Waals surface area (Å²) < 4.78 is 16.4. The molecule has 2 aromatic heterocycles. The van der Waals surface area contributed by atoms with Crippen LogP contribution in [0.25, 0.3) is 10.1 Å². The van der Waals surface area contributed by atoms with Crippen molar-refractivity contribution in [2.24, 2.45) is 0 Å². The maximum atomic E-state index is 14.4. The number of carbonyl (C=O) groups is 1. The second kappa shape index (κ2) is 10.1. The van der Waals surface area contributed by atoms with Crippen molar-refractivity contribution >= 4 is 38.8 Å². The minimum absolute atomic E-state index is 0.0259. The van der Waals surface area contributed by atoms with Crippen LogP contribution in [0.5, 0.6) is 0 Å². The van der Waals surface area contributed by atoms with Crippen molar-refractivity contribution in [3.05, 3.63) is 55.3 Å². The minimum Gasteiger partial charge on any atom is -0.383 e. The van der Waals surface area contributed by atoms with Crippen LogP contribution < -0.4 is 21.9 Å². The first-order valence-corrected chi connectivity index (χ1v) is 11.7. The van der Waals surface area contributed by atoms with Gasteiger partial charge in [0.2, 0.25) is 0 Å². The Labute approximate surface area is 189 Å². The molecule has 0 fully saturated rings. The van der Waals surface area contributed by atoms with Crippen LogP contribution in [-0.2, 0) is 6.54 Å². The van der Waals surface area contributed by atoms with Crippen LogP contribution in [0.15, 0.2) is 27.8 Å². The van der Waals surface area contributed by atoms with E-state index in [0.717, 1.165) is 19.3 Å². The molecule has 2 heterocycles. The van der Waals surface area contributed by atoms with Gasteiger partial charge >= 0.3 is 5.69 Å². The number of nitrogen functional groups attached to an aromatic ring is 1. The van der Waals surface area contributed by atoms with Crippen molar-refractivity contribution in [2.45, 2.75) is 59.4 Å². The molecule has 0 aliphatic carbocycles. The molecule has 0 aliphatic rings. The van der Waals surface area contributed by atoms with E-state index in [1.165, 1.54) is 26.9 Å². The first kappa shape index (κ1) is 23.7. The van der Waals surface area contributed by atoms with Gasteiger partial charge in [-0.2, -0.15) is 0 Å². The van der Waals surface area contributed by atoms with Crippen molar-refractivity contribution in [3.63, 3.8) is 0 Å². The van der Waals surface area contributed by atoms with Gasteiger partial charge in [-0.25, -0.2) is 9.18 Å². The average molecular weight is 461 g/mol. The molecule has 0 aliphatic heterocycles. The van der Waals surface area contributed by atoms with Crippen LogP contribution in [0.2, 0.25) is 0 Å². The maximum absolute atomic E-state index is 14.4. The number of hydrogen-bond donors (Lipinski definition) is 2. The number of thiophene rings is 1. The number of halogens is 1. The third-order valence-electron chi connectivity index (χ3n) is 5.55. The Morgan fingerprint density at radius 1 is 1.19 bits per heavy atom. The topological polar surface area (TPSA) is 101 Å². The van der Waals surface area contributed by atoms with E-state index >= 15 is 0 Å². The van der Waals surface area contributed by atoms with Crippen LogP contribution in [0.3, 0.4) is 0 Å². The summed E-state index contributed by atoms with van der Waals surface area (Å²) in [5.74, 6) is -0.836. The van der Waals surface area contributed by atoms with Crippen molar-refractivity contribution in [2.75, 3.05) is 17.2 Å². The van der Waals surface area contributed by atoms with Gasteiger partial charge in [0.25, 0.3) is 11.5 Å². The molecule has 3 aromatic rings. The molecule has 3 rings (SSSR count). The van der Waals surface area contributed by atoms with Crippen molar-refractivity contribution in [1.82, 2.24) is 9.55 Å². The van der Waals surface area contributed by atoms with E-state index in [1.807, 2.05) is 13.8 Å². The van der Waals surface area contributed by atoms with Crippen LogP contribution in [0.1, 0.15) is 61.2 Å². The van der Waals surface area contributed by atoms with Crippen LogP contribution in [0, 0.1) is 12.7 Å². The molecule has 1 aromatic carbocycles. The Kier molecular flexibility index (Phi) is 7.50. The van der Waals surface area contributed by atoms with E-state index in [-0.39, 0.29) is 18.1 Å². The molecular weight excluding hydrogens is 431 g/mol. The fourth-order valence-corrected chi connectivity index (χ4v) is 4.96. The van der Waals surface area contributed by atoms with Crippen LogP contribution in [-0.4, -0.2) is 22.0 Å². The Balaban J connectivity index is 2.15. The van der Waals surface area contributed by atoms with Gasteiger partial charge < -0.3 is 5.73 Å². The van der Waals surface area contributed by atoms with Gasteiger partial charge in [0.05, 0.1) is 4.88 Å². The second-order valence-electron chi connectivity index (χ2n) is 7.83. The van der Waals surface area contributed by atoms with Crippen molar-refractivity contribution in [1.29, 1.82) is 0 Å². The number of anilines is 2. The molecule has 7 nitrogen and oxygen atoms in total. The molecule has 0 spiro atoms. The number of benzene rings is 1. The zero-order chi connectivity index (χ0) is 23.4. The van der Waals surface area contributed by atoms with Crippen molar-refractivity contribution in [3.8, 4) is 0 Å². The molecular formula is C23H29FN4O3S. The van der Waals surface area contributed by atoms with Crippen LogP contribution >= 0.6 is 11.3 Å². The Morgan fingerprint density at radius 3 is 2.56 bits per heavy atom. The van der Waals surface area contributed by atoms with Gasteiger partial charge in [-0.15, -0.1) is 11.3 Å². The van der Waals surface area contributed by atoms with Crippen molar-refractivity contribution < 1.29 is 9.18 Å². The standard InChI is InChI=1S/C23H29FN4O3S/c1-4-6-8-13-27(18-20(25)28(12-7-5-2)23(31)26-21(18)29)22(30)19-14(3)17-15(24)10-9-11-16(17)32-19/h9-11H,4-8,12-13,25H2,1-3H3,(H,26,29,31). The Bertz CT molecular complexity index is 1240. The first-order chi connectivity index (χ1) is 15.3. The lowest BCUT2D eigenvalue weighted by Crippen LogP contribution is -2.41. The predicted octanol–water partition coefficient (Wildman–Crippen LogP) is 4.42. The number of aromatic nitrogens is 2. The fourth-order valence-electron chi connectivity index (χ4n) is 3.79. The number of nitrogens with one attached hydrogen (secondary N) is 1. The number of fused-ring (bicyclic) bond motifs is 1. The molecule has 3 N–H and O–H groups in total. The zero-order valence-corrected chi connectivity index (χ0v) is 19.5. The van der Waals surface area contributed by atoms with Gasteiger partial charge in [-0.05, 0) is 37.5 Å². The third-order valence-corrected chi connectivity index (χ3v) is 6.79. The van der Waals surface area contributed by atoms with E-state index in [9.17, 15) is 18.8 Å². The molecule has 32 heavy (non-hydrogen) atoms. The van der Waals surface area contributed by atoms with Gasteiger partial charge in [0.15, 0.2) is 5.69 Å². The van der Waals surface area contributed by atoms with E-state index in [0.29, 0.717) is 39.9 Å². The lowest BCUT2D eigenvalue weighted by Gasteiger charge is -2.24. The largest absolute Gasteiger partial charge is 0.383 e. The van der Waals surface area contributed by atoms with E-state index < -0.39 is 23.0 Å². The quantitative estimate of drug-likeness (QED) is 0.462. The summed E-state index contributed by atoms with van der Waals surface area (Å²) in [5.41, 5.74) is 5.49. The summed E-state index contributed by atoms with van der Waals surface area (Å²) in [6.45, 7) is 6.33. The molecule has 1 amide bonds. The second-order valence-corrected chi connectivity index (χ2v) is 8.88. The number of aromatic amines is 1. The van der Waals surface area contributed by atoms with Crippen LogP contribution in [0.4, 0.5) is 15.9 Å². The number of rotatable bonds is 9. The minimum atomic E-state index is -0.699. The highest BCUT2D eigenvalue weighted by Crippen LogP contribution is 2.34. The fraction of sp³-hybridized carbons (Fsp3) is 0.435. The summed E-state index contributed by atoms with van der Waals surface area (Å²) in [6.07, 6.45) is 3.99. The van der Waals surface area contributed by atoms with Gasteiger partial charge in [0.1, 0.15) is 11.6 Å². The summed E-state index contributed by atoms with van der Waals surface area (Å²) in [4.78, 5) is 42.8.